The molecule has 0 saturated heterocycles. The molecule has 0 aliphatic heterocycles. The molecule has 1 unspecified atom stereocenters. The third-order valence-electron chi connectivity index (χ3n) is 6.25. The van der Waals surface area contributed by atoms with Gasteiger partial charge in [-0.05, 0) is 66.1 Å². The van der Waals surface area contributed by atoms with Gasteiger partial charge < -0.3 is 14.8 Å². The summed E-state index contributed by atoms with van der Waals surface area (Å²) in [6.07, 6.45) is 8.36. The van der Waals surface area contributed by atoms with Crippen molar-refractivity contribution in [2.24, 2.45) is 0 Å². The quantitative estimate of drug-likeness (QED) is 0.425. The molecule has 2 N–H and O–H groups in total. The van der Waals surface area contributed by atoms with Crippen LogP contribution < -0.4 is 0 Å². The molecular weight excluding hydrogens is 388 g/mol. The molecule has 1 aromatic heterocycles. The van der Waals surface area contributed by atoms with Crippen LogP contribution in [0.2, 0.25) is 0 Å². The summed E-state index contributed by atoms with van der Waals surface area (Å²) in [5.74, 6) is -0.347. The van der Waals surface area contributed by atoms with E-state index in [1.165, 1.54) is 46.3 Å². The fourth-order valence-electron chi connectivity index (χ4n) is 4.65. The highest BCUT2D eigenvalue weighted by Gasteiger charge is 2.27. The first-order valence-electron chi connectivity index (χ1n) is 10.9. The van der Waals surface area contributed by atoms with Crippen molar-refractivity contribution in [1.82, 2.24) is 9.88 Å². The Morgan fingerprint density at radius 1 is 1.26 bits per heavy atom. The summed E-state index contributed by atoms with van der Waals surface area (Å²) in [6, 6.07) is 13.2. The number of hydrogen-bond acceptors (Lipinski definition) is 4. The Balaban J connectivity index is 1.49. The van der Waals surface area contributed by atoms with Gasteiger partial charge in [0.2, 0.25) is 0 Å². The second-order valence-electron chi connectivity index (χ2n) is 8.24. The predicted molar refractivity (Wildman–Crippen MR) is 124 cm³/mol. The molecule has 162 valence electrons. The number of rotatable bonds is 8. The number of carbonyl (C=O) groups excluding carboxylic acids is 1. The molecule has 5 heteroatoms. The number of methoxy groups -OCH3 is 1. The van der Waals surface area contributed by atoms with E-state index in [1.807, 2.05) is 0 Å². The number of esters is 1. The summed E-state index contributed by atoms with van der Waals surface area (Å²) in [5.41, 5.74) is 7.42. The van der Waals surface area contributed by atoms with Crippen molar-refractivity contribution in [3.63, 3.8) is 0 Å². The van der Waals surface area contributed by atoms with Crippen LogP contribution in [0.4, 0.5) is 0 Å². The fraction of sp³-hybridized carbons (Fsp3) is 0.346. The number of fused-ring (bicyclic) bond motifs is 2. The minimum absolute atomic E-state index is 0.152. The lowest BCUT2D eigenvalue weighted by atomic mass is 10.0. The first-order chi connectivity index (χ1) is 15.1. The topological polar surface area (TPSA) is 65.6 Å². The van der Waals surface area contributed by atoms with Gasteiger partial charge in [-0.25, -0.2) is 4.79 Å². The summed E-state index contributed by atoms with van der Waals surface area (Å²) < 4.78 is 4.67. The maximum atomic E-state index is 11.4. The largest absolute Gasteiger partial charge is 0.466 e. The molecule has 5 nitrogen and oxygen atoms in total. The van der Waals surface area contributed by atoms with Gasteiger partial charge in [0.15, 0.2) is 0 Å². The third kappa shape index (κ3) is 4.73. The van der Waals surface area contributed by atoms with E-state index in [0.29, 0.717) is 12.6 Å². The van der Waals surface area contributed by atoms with E-state index in [2.05, 4.69) is 64.1 Å². The first-order valence-corrected chi connectivity index (χ1v) is 10.9. The lowest BCUT2D eigenvalue weighted by Gasteiger charge is -2.29. The Labute approximate surface area is 183 Å². The van der Waals surface area contributed by atoms with Gasteiger partial charge in [-0.1, -0.05) is 30.3 Å². The highest BCUT2D eigenvalue weighted by Crippen LogP contribution is 2.36. The van der Waals surface area contributed by atoms with Gasteiger partial charge in [0.1, 0.15) is 0 Å². The Kier molecular flexibility index (Phi) is 6.54. The SMILES string of the molecule is COC(=O)/C=C/c1ccc2c(c1)CCC2N(CCO)CCc1c[nH]c2cc(C)ccc12. The molecule has 0 fully saturated rings. The maximum Gasteiger partial charge on any atom is 0.330 e. The zero-order chi connectivity index (χ0) is 21.8. The van der Waals surface area contributed by atoms with Gasteiger partial charge >= 0.3 is 5.97 Å². The Morgan fingerprint density at radius 2 is 2.13 bits per heavy atom. The number of aromatic amines is 1. The van der Waals surface area contributed by atoms with Crippen molar-refractivity contribution in [1.29, 1.82) is 0 Å². The van der Waals surface area contributed by atoms with Crippen LogP contribution in [0.5, 0.6) is 0 Å². The number of aryl methyl sites for hydroxylation is 2. The minimum Gasteiger partial charge on any atom is -0.466 e. The number of nitrogens with zero attached hydrogens (tertiary/aromatic N) is 1. The molecular formula is C26H30N2O3. The minimum atomic E-state index is -0.347. The fourth-order valence-corrected chi connectivity index (χ4v) is 4.65. The van der Waals surface area contributed by atoms with Gasteiger partial charge in [-0.2, -0.15) is 0 Å². The van der Waals surface area contributed by atoms with Gasteiger partial charge in [0.25, 0.3) is 0 Å². The van der Waals surface area contributed by atoms with Gasteiger partial charge in [-0.15, -0.1) is 0 Å². The Hall–Kier alpha value is -2.89. The van der Waals surface area contributed by atoms with E-state index in [9.17, 15) is 9.90 Å². The maximum absolute atomic E-state index is 11.4. The van der Waals surface area contributed by atoms with Crippen LogP contribution >= 0.6 is 0 Å². The van der Waals surface area contributed by atoms with Gasteiger partial charge in [0, 0.05) is 42.3 Å². The van der Waals surface area contributed by atoms with Crippen molar-refractivity contribution in [3.8, 4) is 0 Å². The van der Waals surface area contributed by atoms with Crippen LogP contribution in [0.25, 0.3) is 17.0 Å². The van der Waals surface area contributed by atoms with E-state index >= 15 is 0 Å². The van der Waals surface area contributed by atoms with Crippen molar-refractivity contribution >= 4 is 22.9 Å². The van der Waals surface area contributed by atoms with E-state index in [4.69, 9.17) is 0 Å². The summed E-state index contributed by atoms with van der Waals surface area (Å²) >= 11 is 0. The molecule has 0 bridgehead atoms. The number of nitrogens with one attached hydrogen (secondary N) is 1. The molecule has 0 radical (unpaired) electrons. The highest BCUT2D eigenvalue weighted by molar-refractivity contribution is 5.87. The van der Waals surface area contributed by atoms with E-state index in [0.717, 1.165) is 31.4 Å². The van der Waals surface area contributed by atoms with Gasteiger partial charge in [0.05, 0.1) is 13.7 Å². The van der Waals surface area contributed by atoms with Crippen LogP contribution in [0.1, 0.15) is 40.3 Å². The number of benzene rings is 2. The number of aliphatic hydroxyl groups excluding tert-OH is 1. The van der Waals surface area contributed by atoms with Gasteiger partial charge in [-0.3, -0.25) is 4.90 Å². The van der Waals surface area contributed by atoms with Crippen molar-refractivity contribution in [2.45, 2.75) is 32.2 Å². The van der Waals surface area contributed by atoms with E-state index < -0.39 is 0 Å². The summed E-state index contributed by atoms with van der Waals surface area (Å²) in [7, 11) is 1.38. The van der Waals surface area contributed by atoms with Crippen LogP contribution in [-0.2, 0) is 22.4 Å². The summed E-state index contributed by atoms with van der Waals surface area (Å²) in [4.78, 5) is 17.2. The third-order valence-corrected chi connectivity index (χ3v) is 6.25. The Bertz CT molecular complexity index is 1100. The second-order valence-corrected chi connectivity index (χ2v) is 8.24. The standard InChI is InChI=1S/C26H30N2O3/c1-18-3-7-22-21(17-27-24(22)15-18)11-12-28(13-14-29)25-9-6-20-16-19(4-8-23(20)25)5-10-26(30)31-2/h3-5,7-8,10,15-17,25,27,29H,6,9,11-14H2,1-2H3/b10-5+. The molecule has 1 aliphatic rings. The van der Waals surface area contributed by atoms with Crippen molar-refractivity contribution in [3.05, 3.63) is 76.5 Å². The van der Waals surface area contributed by atoms with Crippen molar-refractivity contribution in [2.75, 3.05) is 26.8 Å². The number of aromatic nitrogens is 1. The molecule has 31 heavy (non-hydrogen) atoms. The summed E-state index contributed by atoms with van der Waals surface area (Å²) in [5, 5.41) is 11.0. The number of aliphatic hydroxyl groups is 1. The van der Waals surface area contributed by atoms with Crippen molar-refractivity contribution < 1.29 is 14.6 Å². The predicted octanol–water partition coefficient (Wildman–Crippen LogP) is 4.19. The average Bonchev–Trinajstić information content (AvgIpc) is 3.38. The average molecular weight is 419 g/mol. The lowest BCUT2D eigenvalue weighted by molar-refractivity contribution is -0.134. The number of carbonyl (C=O) groups is 1. The van der Waals surface area contributed by atoms with Crippen LogP contribution in [0.3, 0.4) is 0 Å². The first kappa shape index (κ1) is 21.3. The zero-order valence-electron chi connectivity index (χ0n) is 18.2. The molecule has 1 heterocycles. The van der Waals surface area contributed by atoms with Crippen LogP contribution in [-0.4, -0.2) is 47.8 Å². The van der Waals surface area contributed by atoms with E-state index in [1.54, 1.807) is 6.08 Å². The smallest absolute Gasteiger partial charge is 0.330 e. The molecule has 4 rings (SSSR count). The number of H-pyrrole nitrogens is 1. The van der Waals surface area contributed by atoms with Crippen LogP contribution in [0.15, 0.2) is 48.7 Å². The van der Waals surface area contributed by atoms with E-state index in [-0.39, 0.29) is 12.6 Å². The Morgan fingerprint density at radius 3 is 2.94 bits per heavy atom. The van der Waals surface area contributed by atoms with Crippen LogP contribution in [0, 0.1) is 6.92 Å². The molecule has 0 saturated carbocycles. The molecule has 0 amide bonds. The monoisotopic (exact) mass is 418 g/mol. The molecule has 3 aromatic rings. The molecule has 1 aliphatic carbocycles. The molecule has 1 atom stereocenters. The highest BCUT2D eigenvalue weighted by atomic mass is 16.5. The normalized spacial score (nSPS) is 15.8. The second kappa shape index (κ2) is 9.50. The molecule has 0 spiro atoms. The summed E-state index contributed by atoms with van der Waals surface area (Å²) in [6.45, 7) is 3.82. The number of ether oxygens (including phenoxy) is 1. The zero-order valence-corrected chi connectivity index (χ0v) is 18.2. The number of hydrogen-bond donors (Lipinski definition) is 2. The molecule has 2 aromatic carbocycles. The lowest BCUT2D eigenvalue weighted by Crippen LogP contribution is -2.32.